The van der Waals surface area contributed by atoms with Crippen molar-refractivity contribution in [1.29, 1.82) is 0 Å². The molecule has 5 atom stereocenters. The number of hydrogen-bond acceptors (Lipinski definition) is 10. The molecule has 2 unspecified atom stereocenters. The number of aliphatic hydroxyl groups is 2. The van der Waals surface area contributed by atoms with Crippen molar-refractivity contribution in [1.82, 2.24) is 14.5 Å². The topological polar surface area (TPSA) is 244 Å². The third-order valence-electron chi connectivity index (χ3n) is 4.01. The Morgan fingerprint density at radius 1 is 1.34 bits per heavy atom. The van der Waals surface area contributed by atoms with Gasteiger partial charge in [-0.2, -0.15) is 4.31 Å². The third kappa shape index (κ3) is 4.57. The first-order chi connectivity index (χ1) is 13.3. The van der Waals surface area contributed by atoms with Crippen molar-refractivity contribution in [3.63, 3.8) is 0 Å². The maximum Gasteiger partial charge on any atom is 0.481 e. The van der Waals surface area contributed by atoms with Gasteiger partial charge in [0.2, 0.25) is 11.7 Å². The van der Waals surface area contributed by atoms with Crippen molar-refractivity contribution >= 4 is 32.8 Å². The van der Waals surface area contributed by atoms with Crippen LogP contribution in [-0.2, 0) is 29.7 Å². The summed E-state index contributed by atoms with van der Waals surface area (Å²) in [5, 5.41) is 20.5. The third-order valence-corrected chi connectivity index (χ3v) is 6.16. The summed E-state index contributed by atoms with van der Waals surface area (Å²) in [6, 6.07) is 0. The van der Waals surface area contributed by atoms with Crippen LogP contribution < -0.4 is 15.9 Å². The number of aromatic nitrogens is 4. The molecule has 18 heteroatoms. The van der Waals surface area contributed by atoms with Gasteiger partial charge in [0.1, 0.15) is 18.3 Å². The van der Waals surface area contributed by atoms with E-state index in [0.717, 1.165) is 0 Å². The van der Waals surface area contributed by atoms with E-state index in [1.54, 1.807) is 0 Å². The summed E-state index contributed by atoms with van der Waals surface area (Å²) in [6.07, 6.45) is -4.54. The maximum absolute atomic E-state index is 12.1. The zero-order valence-corrected chi connectivity index (χ0v) is 16.4. The number of hydrogen-bond donors (Lipinski definition) is 7. The largest absolute Gasteiger partial charge is 0.481 e. The smallest absolute Gasteiger partial charge is 0.387 e. The minimum absolute atomic E-state index is 0.0317. The van der Waals surface area contributed by atoms with E-state index in [2.05, 4.69) is 18.8 Å². The molecule has 8 N–H and O–H groups in total. The van der Waals surface area contributed by atoms with E-state index in [4.69, 9.17) is 20.3 Å². The minimum Gasteiger partial charge on any atom is -0.387 e. The van der Waals surface area contributed by atoms with Crippen LogP contribution in [0.2, 0.25) is 0 Å². The van der Waals surface area contributed by atoms with Gasteiger partial charge < -0.3 is 35.4 Å². The first kappa shape index (κ1) is 22.0. The highest BCUT2D eigenvalue weighted by molar-refractivity contribution is 7.60. The summed E-state index contributed by atoms with van der Waals surface area (Å²) in [4.78, 5) is 44.8. The number of aliphatic hydroxyl groups excluding tert-OH is 2. The van der Waals surface area contributed by atoms with E-state index in [0.29, 0.717) is 0 Å². The second-order valence-electron chi connectivity index (χ2n) is 6.14. The standard InChI is InChI=1S/C11H17N5O11P2/c1-15-3-16(8-5(15)9(19)14-11(12)13-8)10-7(18)6(17)4(26-10)2-25-29(23,24)27-28(20,21)22/h3-4,6-7,10,17-18H,2H2,1H3,(H5-,12,13,14,19,20,21,22,23,24)/p+1/t4-,6-,7-,10?/m1/s1. The van der Waals surface area contributed by atoms with Gasteiger partial charge in [0, 0.05) is 0 Å². The van der Waals surface area contributed by atoms with Crippen LogP contribution >= 0.6 is 15.6 Å². The highest BCUT2D eigenvalue weighted by Gasteiger charge is 2.48. The van der Waals surface area contributed by atoms with Crippen LogP contribution in [0.1, 0.15) is 6.23 Å². The summed E-state index contributed by atoms with van der Waals surface area (Å²) in [5.41, 5.74) is 5.11. The lowest BCUT2D eigenvalue weighted by atomic mass is 10.1. The summed E-state index contributed by atoms with van der Waals surface area (Å²) in [7, 11) is -8.97. The number of rotatable bonds is 6. The number of aromatic amines is 1. The molecular formula is C11H18N5O11P2+. The molecule has 2 aromatic rings. The molecule has 0 radical (unpaired) electrons. The number of nitrogens with two attached hydrogens (primary N) is 1. The second-order valence-corrected chi connectivity index (χ2v) is 8.97. The fourth-order valence-corrected chi connectivity index (χ4v) is 4.48. The van der Waals surface area contributed by atoms with Gasteiger partial charge in [-0.15, -0.1) is 0 Å². The number of phosphoric ester groups is 1. The van der Waals surface area contributed by atoms with Crippen molar-refractivity contribution in [2.45, 2.75) is 24.5 Å². The molecule has 162 valence electrons. The molecule has 0 aromatic carbocycles. The van der Waals surface area contributed by atoms with E-state index >= 15 is 0 Å². The van der Waals surface area contributed by atoms with Crippen LogP contribution in [0.15, 0.2) is 11.1 Å². The number of nitrogens with zero attached hydrogens (tertiary/aromatic N) is 3. The average Bonchev–Trinajstić information content (AvgIpc) is 3.01. The van der Waals surface area contributed by atoms with Crippen molar-refractivity contribution in [2.24, 2.45) is 7.05 Å². The molecule has 3 heterocycles. The van der Waals surface area contributed by atoms with Crippen molar-refractivity contribution < 1.29 is 52.2 Å². The molecule has 16 nitrogen and oxygen atoms in total. The molecule has 1 saturated heterocycles. The van der Waals surface area contributed by atoms with Crippen molar-refractivity contribution in [3.05, 3.63) is 16.7 Å². The number of nitrogen functional groups attached to an aromatic ring is 1. The Labute approximate surface area is 160 Å². The predicted molar refractivity (Wildman–Crippen MR) is 90.8 cm³/mol. The Morgan fingerprint density at radius 3 is 2.62 bits per heavy atom. The number of phosphoric acid groups is 2. The highest BCUT2D eigenvalue weighted by Crippen LogP contribution is 2.57. The van der Waals surface area contributed by atoms with Gasteiger partial charge in [-0.3, -0.25) is 18.9 Å². The maximum atomic E-state index is 12.1. The Kier molecular flexibility index (Phi) is 5.70. The quantitative estimate of drug-likeness (QED) is 0.168. The molecule has 0 saturated carbocycles. The lowest BCUT2D eigenvalue weighted by Crippen LogP contribution is -2.46. The molecule has 3 rings (SSSR count). The summed E-state index contributed by atoms with van der Waals surface area (Å²) in [5.74, 6) is -0.203. The van der Waals surface area contributed by atoms with E-state index in [1.807, 2.05) is 0 Å². The van der Waals surface area contributed by atoms with E-state index in [9.17, 15) is 29.0 Å². The lowest BCUT2D eigenvalue weighted by molar-refractivity contribution is -0.745. The number of imidazole rings is 1. The van der Waals surface area contributed by atoms with Gasteiger partial charge in [-0.05, 0) is 0 Å². The fraction of sp³-hybridized carbons (Fsp3) is 0.545. The molecule has 0 spiro atoms. The molecule has 0 aliphatic carbocycles. The van der Waals surface area contributed by atoms with Gasteiger partial charge in [-0.1, -0.05) is 4.98 Å². The van der Waals surface area contributed by atoms with Crippen LogP contribution in [-0.4, -0.2) is 64.3 Å². The zero-order valence-electron chi connectivity index (χ0n) is 14.6. The van der Waals surface area contributed by atoms with E-state index in [1.165, 1.54) is 22.5 Å². The Bertz CT molecular complexity index is 1080. The number of anilines is 1. The summed E-state index contributed by atoms with van der Waals surface area (Å²) in [6.45, 7) is -0.857. The number of nitrogens with one attached hydrogen (secondary N) is 1. The molecule has 1 aliphatic heterocycles. The number of fused-ring (bicyclic) bond motifs is 1. The molecule has 1 aliphatic rings. The molecular weight excluding hydrogens is 440 g/mol. The van der Waals surface area contributed by atoms with Crippen LogP contribution in [0.5, 0.6) is 0 Å². The zero-order chi connectivity index (χ0) is 21.7. The monoisotopic (exact) mass is 458 g/mol. The van der Waals surface area contributed by atoms with Gasteiger partial charge in [0.15, 0.2) is 6.33 Å². The minimum atomic E-state index is -5.32. The Hall–Kier alpha value is -1.71. The van der Waals surface area contributed by atoms with Gasteiger partial charge in [-0.25, -0.2) is 13.7 Å². The first-order valence-corrected chi connectivity index (χ1v) is 10.8. The normalized spacial score (nSPS) is 27.4. The highest BCUT2D eigenvalue weighted by atomic mass is 31.3. The molecule has 1 fully saturated rings. The summed E-state index contributed by atoms with van der Waals surface area (Å²) >= 11 is 0. The SMILES string of the molecule is Cn1c[n+](C2O[C@H](COP(=O)(O)OP(=O)(O)O)[C@@H](O)[C@H]2O)c2nc(N)[nH]c(=O)c21. The van der Waals surface area contributed by atoms with Gasteiger partial charge in [0.05, 0.1) is 13.7 Å². The predicted octanol–water partition coefficient (Wildman–Crippen LogP) is -3.02. The molecule has 0 bridgehead atoms. The van der Waals surface area contributed by atoms with Gasteiger partial charge >= 0.3 is 21.3 Å². The second kappa shape index (κ2) is 7.52. The summed E-state index contributed by atoms with van der Waals surface area (Å²) < 4.78 is 38.3. The van der Waals surface area contributed by atoms with E-state index < -0.39 is 52.4 Å². The molecule has 29 heavy (non-hydrogen) atoms. The lowest BCUT2D eigenvalue weighted by Gasteiger charge is -2.17. The number of ether oxygens (including phenoxy) is 1. The van der Waals surface area contributed by atoms with Crippen molar-refractivity contribution in [2.75, 3.05) is 12.3 Å². The Morgan fingerprint density at radius 2 is 2.00 bits per heavy atom. The molecule has 0 amide bonds. The van der Waals surface area contributed by atoms with Crippen LogP contribution in [0, 0.1) is 0 Å². The number of H-pyrrole nitrogens is 1. The first-order valence-electron chi connectivity index (χ1n) is 7.81. The van der Waals surface area contributed by atoms with Crippen LogP contribution in [0.4, 0.5) is 5.95 Å². The average molecular weight is 458 g/mol. The molecule has 2 aromatic heterocycles. The number of aryl methyl sites for hydroxylation is 1. The fourth-order valence-electron chi connectivity index (χ4n) is 2.88. The van der Waals surface area contributed by atoms with Crippen LogP contribution in [0.3, 0.4) is 0 Å². The van der Waals surface area contributed by atoms with Crippen LogP contribution in [0.25, 0.3) is 11.2 Å². The Balaban J connectivity index is 1.84. The van der Waals surface area contributed by atoms with Crippen molar-refractivity contribution in [3.8, 4) is 0 Å². The van der Waals surface area contributed by atoms with E-state index in [-0.39, 0.29) is 17.1 Å². The van der Waals surface area contributed by atoms with Gasteiger partial charge in [0.25, 0.3) is 11.5 Å².